The lowest BCUT2D eigenvalue weighted by Gasteiger charge is -2.43. The van der Waals surface area contributed by atoms with E-state index in [2.05, 4.69) is 41.5 Å². The molecule has 2 rings (SSSR count). The first kappa shape index (κ1) is 17.9. The molecule has 0 aliphatic carbocycles. The van der Waals surface area contributed by atoms with Gasteiger partial charge in [0.15, 0.2) is 5.17 Å². The molecule has 1 fully saturated rings. The summed E-state index contributed by atoms with van der Waals surface area (Å²) in [6.07, 6.45) is 0. The van der Waals surface area contributed by atoms with Crippen LogP contribution >= 0.6 is 11.8 Å². The van der Waals surface area contributed by atoms with Crippen molar-refractivity contribution in [3.8, 4) is 0 Å². The van der Waals surface area contributed by atoms with Gasteiger partial charge in [-0.15, -0.1) is 0 Å². The Hall–Kier alpha value is -1.49. The van der Waals surface area contributed by atoms with Crippen molar-refractivity contribution in [2.45, 2.75) is 59.2 Å². The van der Waals surface area contributed by atoms with Crippen LogP contribution in [-0.4, -0.2) is 38.0 Å². The van der Waals surface area contributed by atoms with Crippen molar-refractivity contribution in [3.05, 3.63) is 35.9 Å². The summed E-state index contributed by atoms with van der Waals surface area (Å²) in [5.74, 6) is 0.641. The van der Waals surface area contributed by atoms with Gasteiger partial charge in [-0.25, -0.2) is 4.79 Å². The third-order valence-electron chi connectivity index (χ3n) is 3.44. The predicted molar refractivity (Wildman–Crippen MR) is 98.6 cm³/mol. The number of rotatable bonds is 2. The van der Waals surface area contributed by atoms with E-state index in [0.717, 1.165) is 10.7 Å². The van der Waals surface area contributed by atoms with Crippen LogP contribution in [0.4, 0.5) is 4.79 Å². The minimum Gasteiger partial charge on any atom is -0.310 e. The Kier molecular flexibility index (Phi) is 5.09. The maximum Gasteiger partial charge on any atom is 0.327 e. The number of aliphatic imine (C=N–C) groups is 1. The normalized spacial score (nSPS) is 18.7. The first-order chi connectivity index (χ1) is 10.6. The fourth-order valence-electron chi connectivity index (χ4n) is 2.24. The van der Waals surface area contributed by atoms with Gasteiger partial charge in [-0.3, -0.25) is 9.89 Å². The maximum atomic E-state index is 13.0. The Morgan fingerprint density at radius 2 is 1.70 bits per heavy atom. The monoisotopic (exact) mass is 333 g/mol. The highest BCUT2D eigenvalue weighted by atomic mass is 32.2. The zero-order chi connectivity index (χ0) is 17.3. The number of amidine groups is 1. The van der Waals surface area contributed by atoms with Crippen molar-refractivity contribution in [3.63, 3.8) is 0 Å². The second-order valence-electron chi connectivity index (χ2n) is 7.79. The van der Waals surface area contributed by atoms with E-state index in [1.807, 2.05) is 35.2 Å². The summed E-state index contributed by atoms with van der Waals surface area (Å²) in [6, 6.07) is 10.1. The van der Waals surface area contributed by atoms with Crippen molar-refractivity contribution in [1.29, 1.82) is 0 Å². The molecule has 0 N–H and O–H groups in total. The second kappa shape index (κ2) is 6.56. The lowest BCUT2D eigenvalue weighted by atomic mass is 10.1. The van der Waals surface area contributed by atoms with Gasteiger partial charge >= 0.3 is 6.03 Å². The number of carbonyl (C=O) groups is 1. The standard InChI is InChI=1S/C18H27N3OS/c1-17(2,3)19-15-20(12-14-10-8-7-9-11-14)16(22)21(13-23-15)18(4,5)6/h7-11H,12-13H2,1-6H3. The molecule has 1 aromatic rings. The van der Waals surface area contributed by atoms with Crippen molar-refractivity contribution >= 4 is 23.0 Å². The molecule has 1 aliphatic heterocycles. The Bertz CT molecular complexity index is 585. The molecule has 0 atom stereocenters. The summed E-state index contributed by atoms with van der Waals surface area (Å²) in [4.78, 5) is 21.5. The van der Waals surface area contributed by atoms with Crippen LogP contribution in [0.3, 0.4) is 0 Å². The lowest BCUT2D eigenvalue weighted by molar-refractivity contribution is 0.137. The number of hydrogen-bond acceptors (Lipinski definition) is 3. The quantitative estimate of drug-likeness (QED) is 0.795. The zero-order valence-corrected chi connectivity index (χ0v) is 15.8. The van der Waals surface area contributed by atoms with Crippen LogP contribution in [0.2, 0.25) is 0 Å². The molecule has 0 unspecified atom stereocenters. The molecule has 0 bridgehead atoms. The maximum absolute atomic E-state index is 13.0. The Balaban J connectivity index is 2.34. The van der Waals surface area contributed by atoms with E-state index in [1.165, 1.54) is 0 Å². The molecule has 126 valence electrons. The summed E-state index contributed by atoms with van der Waals surface area (Å²) < 4.78 is 0. The fourth-order valence-corrected chi connectivity index (χ4v) is 3.62. The Labute approximate surface area is 144 Å². The smallest absolute Gasteiger partial charge is 0.310 e. The molecule has 0 radical (unpaired) electrons. The topological polar surface area (TPSA) is 35.9 Å². The minimum absolute atomic E-state index is 0.0307. The van der Waals surface area contributed by atoms with Crippen LogP contribution in [0, 0.1) is 0 Å². The average Bonchev–Trinajstić information content (AvgIpc) is 2.41. The number of benzene rings is 1. The molecule has 0 saturated carbocycles. The van der Waals surface area contributed by atoms with Crippen molar-refractivity contribution in [2.24, 2.45) is 4.99 Å². The Morgan fingerprint density at radius 3 is 2.22 bits per heavy atom. The average molecular weight is 334 g/mol. The van der Waals surface area contributed by atoms with Gasteiger partial charge in [0.2, 0.25) is 0 Å². The third-order valence-corrected chi connectivity index (χ3v) is 4.40. The lowest BCUT2D eigenvalue weighted by Crippen LogP contribution is -2.56. The number of thioether (sulfide) groups is 1. The first-order valence-electron chi connectivity index (χ1n) is 7.94. The van der Waals surface area contributed by atoms with Crippen molar-refractivity contribution in [2.75, 3.05) is 5.88 Å². The number of amides is 2. The second-order valence-corrected chi connectivity index (χ2v) is 8.70. The van der Waals surface area contributed by atoms with Crippen LogP contribution in [0.25, 0.3) is 0 Å². The molecule has 1 heterocycles. The van der Waals surface area contributed by atoms with Crippen LogP contribution in [0.1, 0.15) is 47.1 Å². The van der Waals surface area contributed by atoms with Gasteiger partial charge in [-0.2, -0.15) is 0 Å². The van der Waals surface area contributed by atoms with E-state index in [1.54, 1.807) is 16.7 Å². The van der Waals surface area contributed by atoms with Crippen molar-refractivity contribution in [1.82, 2.24) is 9.80 Å². The molecular formula is C18H27N3OS. The number of hydrogen-bond donors (Lipinski definition) is 0. The fraction of sp³-hybridized carbons (Fsp3) is 0.556. The first-order valence-corrected chi connectivity index (χ1v) is 8.92. The highest BCUT2D eigenvalue weighted by Crippen LogP contribution is 2.29. The van der Waals surface area contributed by atoms with Gasteiger partial charge in [0.25, 0.3) is 0 Å². The van der Waals surface area contributed by atoms with E-state index in [4.69, 9.17) is 4.99 Å². The third kappa shape index (κ3) is 4.74. The van der Waals surface area contributed by atoms with Crippen LogP contribution in [0.5, 0.6) is 0 Å². The van der Waals surface area contributed by atoms with Crippen LogP contribution in [-0.2, 0) is 6.54 Å². The molecule has 4 nitrogen and oxygen atoms in total. The minimum atomic E-state index is -0.207. The summed E-state index contributed by atoms with van der Waals surface area (Å²) in [5, 5.41) is 0.812. The SMILES string of the molecule is CC(C)(C)N=C1SCN(C(C)(C)C)C(=O)N1Cc1ccccc1. The largest absolute Gasteiger partial charge is 0.327 e. The zero-order valence-electron chi connectivity index (χ0n) is 15.0. The molecule has 1 saturated heterocycles. The molecule has 0 aromatic heterocycles. The van der Waals surface area contributed by atoms with Crippen molar-refractivity contribution < 1.29 is 4.79 Å². The molecule has 2 amide bonds. The predicted octanol–water partition coefficient (Wildman–Crippen LogP) is 4.57. The summed E-state index contributed by atoms with van der Waals surface area (Å²) in [6.45, 7) is 12.9. The van der Waals surface area contributed by atoms with Gasteiger partial charge in [0.1, 0.15) is 0 Å². The highest BCUT2D eigenvalue weighted by molar-refractivity contribution is 8.13. The van der Waals surface area contributed by atoms with Gasteiger partial charge in [-0.1, -0.05) is 42.1 Å². The van der Waals surface area contributed by atoms with E-state index >= 15 is 0 Å². The van der Waals surface area contributed by atoms with Gasteiger partial charge in [0, 0.05) is 5.54 Å². The summed E-state index contributed by atoms with van der Waals surface area (Å²) >= 11 is 1.64. The number of carbonyl (C=O) groups excluding carboxylic acids is 1. The molecule has 0 spiro atoms. The number of urea groups is 1. The van der Waals surface area contributed by atoms with E-state index in [-0.39, 0.29) is 17.1 Å². The van der Waals surface area contributed by atoms with Gasteiger partial charge in [0.05, 0.1) is 18.0 Å². The molecule has 1 aromatic carbocycles. The van der Waals surface area contributed by atoms with Crippen LogP contribution in [0.15, 0.2) is 35.3 Å². The van der Waals surface area contributed by atoms with Gasteiger partial charge < -0.3 is 4.90 Å². The van der Waals surface area contributed by atoms with E-state index in [0.29, 0.717) is 12.4 Å². The highest BCUT2D eigenvalue weighted by Gasteiger charge is 2.37. The summed E-state index contributed by atoms with van der Waals surface area (Å²) in [7, 11) is 0. The van der Waals surface area contributed by atoms with Gasteiger partial charge in [-0.05, 0) is 47.1 Å². The number of nitrogens with zero attached hydrogens (tertiary/aromatic N) is 3. The molecule has 5 heteroatoms. The Morgan fingerprint density at radius 1 is 1.09 bits per heavy atom. The van der Waals surface area contributed by atoms with Crippen LogP contribution < -0.4 is 0 Å². The van der Waals surface area contributed by atoms with E-state index < -0.39 is 0 Å². The molecule has 23 heavy (non-hydrogen) atoms. The molecule has 1 aliphatic rings. The summed E-state index contributed by atoms with van der Waals surface area (Å²) in [5.41, 5.74) is 0.701. The van der Waals surface area contributed by atoms with E-state index in [9.17, 15) is 4.79 Å². The molecular weight excluding hydrogens is 306 g/mol.